The van der Waals surface area contributed by atoms with Crippen LogP contribution in [0.4, 0.5) is 0 Å². The Morgan fingerprint density at radius 1 is 0.593 bits per heavy atom. The molecule has 1 amide bonds. The fourth-order valence-electron chi connectivity index (χ4n) is 4.72. The molecule has 0 radical (unpaired) electrons. The highest BCUT2D eigenvalue weighted by Gasteiger charge is 2.23. The maximum absolute atomic E-state index is 12.1. The van der Waals surface area contributed by atoms with Gasteiger partial charge < -0.3 is 20.1 Å². The van der Waals surface area contributed by atoms with Crippen LogP contribution in [-0.4, -0.2) is 54.3 Å². The predicted octanol–water partition coefficient (Wildman–Crippen LogP) is 11.0. The van der Waals surface area contributed by atoms with E-state index in [2.05, 4.69) is 116 Å². The second-order valence-electron chi connectivity index (χ2n) is 12.9. The molecule has 9 nitrogen and oxygen atoms in total. The van der Waals surface area contributed by atoms with E-state index in [0.717, 1.165) is 96.3 Å². The first-order chi connectivity index (χ1) is 26.3. The second kappa shape index (κ2) is 39.6. The normalized spacial score (nSPS) is 14.4. The van der Waals surface area contributed by atoms with Crippen LogP contribution in [0.25, 0.3) is 0 Å². The van der Waals surface area contributed by atoms with E-state index in [4.69, 9.17) is 13.8 Å². The van der Waals surface area contributed by atoms with E-state index < -0.39 is 26.5 Å². The minimum atomic E-state index is -4.44. The number of aliphatic hydroxyl groups excluding tert-OH is 1. The monoisotopic (exact) mass is 773 g/mol. The number of esters is 1. The van der Waals surface area contributed by atoms with E-state index in [1.54, 1.807) is 0 Å². The molecule has 0 heterocycles. The highest BCUT2D eigenvalue weighted by Crippen LogP contribution is 2.42. The lowest BCUT2D eigenvalue weighted by molar-refractivity contribution is -0.147. The topological polar surface area (TPSA) is 131 Å². The lowest BCUT2D eigenvalue weighted by Gasteiger charge is -2.15. The maximum Gasteiger partial charge on any atom is 0.472 e. The number of phosphoric ester groups is 1. The van der Waals surface area contributed by atoms with Crippen molar-refractivity contribution in [2.75, 3.05) is 26.4 Å². The number of carbonyl (C=O) groups excluding carboxylic acids is 2. The third kappa shape index (κ3) is 40.1. The first kappa shape index (κ1) is 50.9. The van der Waals surface area contributed by atoms with Gasteiger partial charge >= 0.3 is 13.8 Å². The number of carbonyl (C=O) groups is 2. The van der Waals surface area contributed by atoms with Crippen molar-refractivity contribution in [3.05, 3.63) is 97.2 Å². The third-order valence-electron chi connectivity index (χ3n) is 7.73. The van der Waals surface area contributed by atoms with Gasteiger partial charge in [-0.3, -0.25) is 18.6 Å². The number of unbranched alkanes of at least 4 members (excludes halogenated alkanes) is 7. The van der Waals surface area contributed by atoms with Crippen molar-refractivity contribution < 1.29 is 37.9 Å². The molecule has 0 rings (SSSR count). The molecule has 0 aromatic rings. The van der Waals surface area contributed by atoms with Crippen LogP contribution in [0.5, 0.6) is 0 Å². The Bertz CT molecular complexity index is 1200. The first-order valence-corrected chi connectivity index (χ1v) is 21.7. The zero-order chi connectivity index (χ0) is 39.6. The number of rotatable bonds is 36. The molecule has 0 bridgehead atoms. The van der Waals surface area contributed by atoms with E-state index in [-0.39, 0.29) is 32.1 Å². The van der Waals surface area contributed by atoms with E-state index in [1.165, 1.54) is 6.42 Å². The van der Waals surface area contributed by atoms with Crippen molar-refractivity contribution in [3.63, 3.8) is 0 Å². The SMILES string of the molecule is CC/C=C\C/C=C\C/C=C\C/C=C\C/C=C\C/C=C\C/C=C\CCCC(=O)NCCOP(=O)(O)OCC(O)COC(=O)CCCCCCC/C=C\CCC. The standard InChI is InChI=1S/C44H72NO8P/c1-3-5-7-9-11-13-15-16-17-18-19-20-21-22-23-24-25-26-27-28-30-32-34-36-43(47)45-38-39-52-54(49,50)53-41-42(46)40-51-44(48)37-35-33-31-29-14-12-10-8-6-4-2/h5,7-8,10-11,13,16-17,19-20,22-23,25-26,28,30,42,46H,3-4,6,9,12,14-15,18,21,24,27,29,31-41H2,1-2H3,(H,45,47)(H,49,50)/b7-5-,10-8-,13-11-,17-16-,20-19-,23-22-,26-25-,30-28-. The summed E-state index contributed by atoms with van der Waals surface area (Å²) in [5.74, 6) is -0.599. The Morgan fingerprint density at radius 2 is 1.07 bits per heavy atom. The second-order valence-corrected chi connectivity index (χ2v) is 14.3. The van der Waals surface area contributed by atoms with Crippen molar-refractivity contribution in [2.24, 2.45) is 0 Å². The molecule has 0 saturated heterocycles. The summed E-state index contributed by atoms with van der Waals surface area (Å²) in [7, 11) is -4.44. The minimum absolute atomic E-state index is 0.0431. The molecule has 0 aliphatic heterocycles. The van der Waals surface area contributed by atoms with Crippen LogP contribution >= 0.6 is 7.82 Å². The van der Waals surface area contributed by atoms with Crippen LogP contribution in [0.2, 0.25) is 0 Å². The number of allylic oxidation sites excluding steroid dienone is 16. The number of nitrogens with one attached hydrogen (secondary N) is 1. The Morgan fingerprint density at radius 3 is 1.65 bits per heavy atom. The molecule has 0 spiro atoms. The predicted molar refractivity (Wildman–Crippen MR) is 224 cm³/mol. The molecule has 10 heteroatoms. The fraction of sp³-hybridized carbons (Fsp3) is 0.591. The molecule has 3 N–H and O–H groups in total. The molecular weight excluding hydrogens is 701 g/mol. The van der Waals surface area contributed by atoms with Crippen molar-refractivity contribution in [2.45, 2.75) is 142 Å². The Labute approximate surface area is 327 Å². The summed E-state index contributed by atoms with van der Waals surface area (Å²) in [4.78, 5) is 33.7. The third-order valence-corrected chi connectivity index (χ3v) is 8.71. The average Bonchev–Trinajstić information content (AvgIpc) is 3.16. The number of aliphatic hydroxyl groups is 1. The van der Waals surface area contributed by atoms with Gasteiger partial charge in [0.2, 0.25) is 5.91 Å². The number of hydrogen-bond donors (Lipinski definition) is 3. The van der Waals surface area contributed by atoms with E-state index in [9.17, 15) is 24.2 Å². The van der Waals surface area contributed by atoms with Crippen LogP contribution in [0.15, 0.2) is 97.2 Å². The van der Waals surface area contributed by atoms with Gasteiger partial charge in [0.25, 0.3) is 0 Å². The highest BCUT2D eigenvalue weighted by molar-refractivity contribution is 7.47. The molecule has 306 valence electrons. The van der Waals surface area contributed by atoms with Gasteiger partial charge in [-0.2, -0.15) is 0 Å². The van der Waals surface area contributed by atoms with E-state index >= 15 is 0 Å². The summed E-state index contributed by atoms with van der Waals surface area (Å²) in [5, 5.41) is 12.6. The maximum atomic E-state index is 12.1. The molecule has 54 heavy (non-hydrogen) atoms. The van der Waals surface area contributed by atoms with Gasteiger partial charge in [0.15, 0.2) is 0 Å². The Hall–Kier alpha value is -3.07. The summed E-state index contributed by atoms with van der Waals surface area (Å²) in [6.45, 7) is 3.25. The molecule has 0 fully saturated rings. The largest absolute Gasteiger partial charge is 0.472 e. The van der Waals surface area contributed by atoms with Crippen molar-refractivity contribution in [3.8, 4) is 0 Å². The van der Waals surface area contributed by atoms with Crippen LogP contribution in [0.1, 0.15) is 136 Å². The summed E-state index contributed by atoms with van der Waals surface area (Å²) in [6, 6.07) is 0. The first-order valence-electron chi connectivity index (χ1n) is 20.2. The molecule has 2 unspecified atom stereocenters. The molecule has 0 aliphatic carbocycles. The fourth-order valence-corrected chi connectivity index (χ4v) is 5.48. The lowest BCUT2D eigenvalue weighted by Crippen LogP contribution is -2.27. The van der Waals surface area contributed by atoms with Crippen LogP contribution < -0.4 is 5.32 Å². The molecule has 0 aromatic heterocycles. The van der Waals surface area contributed by atoms with Crippen molar-refractivity contribution in [1.82, 2.24) is 5.32 Å². The molecule has 0 aromatic carbocycles. The zero-order valence-electron chi connectivity index (χ0n) is 33.4. The van der Waals surface area contributed by atoms with Gasteiger partial charge in [-0.1, -0.05) is 137 Å². The van der Waals surface area contributed by atoms with E-state index in [1.807, 2.05) is 0 Å². The number of ether oxygens (including phenoxy) is 1. The van der Waals surface area contributed by atoms with Crippen LogP contribution in [0, 0.1) is 0 Å². The van der Waals surface area contributed by atoms with Gasteiger partial charge in [0.1, 0.15) is 12.7 Å². The van der Waals surface area contributed by atoms with Gasteiger partial charge in [0, 0.05) is 19.4 Å². The average molecular weight is 774 g/mol. The minimum Gasteiger partial charge on any atom is -0.463 e. The smallest absolute Gasteiger partial charge is 0.463 e. The number of phosphoric acid groups is 1. The van der Waals surface area contributed by atoms with Gasteiger partial charge in [-0.15, -0.1) is 0 Å². The highest BCUT2D eigenvalue weighted by atomic mass is 31.2. The van der Waals surface area contributed by atoms with Crippen molar-refractivity contribution >= 4 is 19.7 Å². The van der Waals surface area contributed by atoms with Crippen LogP contribution in [-0.2, 0) is 27.9 Å². The Balaban J connectivity index is 3.76. The summed E-state index contributed by atoms with van der Waals surface area (Å²) in [6.07, 6.45) is 50.7. The summed E-state index contributed by atoms with van der Waals surface area (Å²) in [5.41, 5.74) is 0. The molecule has 0 saturated carbocycles. The molecular formula is C44H72NO8P. The Kier molecular flexibility index (Phi) is 37.4. The quantitative estimate of drug-likeness (QED) is 0.0248. The van der Waals surface area contributed by atoms with E-state index in [0.29, 0.717) is 12.8 Å². The van der Waals surface area contributed by atoms with Gasteiger partial charge in [-0.05, 0) is 83.5 Å². The molecule has 0 aliphatic rings. The van der Waals surface area contributed by atoms with Crippen molar-refractivity contribution in [1.29, 1.82) is 0 Å². The molecule has 2 atom stereocenters. The van der Waals surface area contributed by atoms with Crippen LogP contribution in [0.3, 0.4) is 0 Å². The lowest BCUT2D eigenvalue weighted by atomic mass is 10.1. The number of amides is 1. The summed E-state index contributed by atoms with van der Waals surface area (Å²) >= 11 is 0. The summed E-state index contributed by atoms with van der Waals surface area (Å²) < 4.78 is 26.7. The van der Waals surface area contributed by atoms with Gasteiger partial charge in [-0.25, -0.2) is 4.57 Å². The zero-order valence-corrected chi connectivity index (χ0v) is 34.3. The van der Waals surface area contributed by atoms with Gasteiger partial charge in [0.05, 0.1) is 13.2 Å². The number of hydrogen-bond acceptors (Lipinski definition) is 7.